The van der Waals surface area contributed by atoms with Crippen molar-refractivity contribution in [3.63, 3.8) is 0 Å². The number of allylic oxidation sites excluding steroid dienone is 3. The van der Waals surface area contributed by atoms with E-state index >= 15 is 0 Å². The van der Waals surface area contributed by atoms with Crippen LogP contribution in [0, 0.1) is 5.41 Å². The van der Waals surface area contributed by atoms with Gasteiger partial charge in [-0.15, -0.1) is 0 Å². The van der Waals surface area contributed by atoms with Gasteiger partial charge in [0, 0.05) is 5.56 Å². The number of hydrogen-bond acceptors (Lipinski definition) is 2. The van der Waals surface area contributed by atoms with E-state index in [1.54, 1.807) is 0 Å². The molecular weight excluding hydrogens is 324 g/mol. The van der Waals surface area contributed by atoms with Gasteiger partial charge in [-0.2, -0.15) is 0 Å². The Balaban J connectivity index is 2.34. The number of carboxylic acids is 1. The third-order valence-corrected chi connectivity index (χ3v) is 5.29. The minimum atomic E-state index is -1.04. The van der Waals surface area contributed by atoms with Gasteiger partial charge in [-0.1, -0.05) is 56.6 Å². The second-order valence-electron chi connectivity index (χ2n) is 8.08. The molecule has 1 unspecified atom stereocenters. The smallest absolute Gasteiger partial charge is 0.339 e. The predicted molar refractivity (Wildman–Crippen MR) is 108 cm³/mol. The van der Waals surface area contributed by atoms with Gasteiger partial charge in [0.15, 0.2) is 0 Å². The summed E-state index contributed by atoms with van der Waals surface area (Å²) in [7, 11) is 0. The highest BCUT2D eigenvalue weighted by Crippen LogP contribution is 2.41. The Labute approximate surface area is 157 Å². The number of unbranched alkanes of at least 4 members (excludes halogenated alkanes) is 2. The molecular formula is C23H32O3. The molecule has 26 heavy (non-hydrogen) atoms. The summed E-state index contributed by atoms with van der Waals surface area (Å²) in [6.07, 6.45) is 13.0. The van der Waals surface area contributed by atoms with Crippen molar-refractivity contribution in [1.82, 2.24) is 0 Å². The zero-order valence-corrected chi connectivity index (χ0v) is 16.6. The van der Waals surface area contributed by atoms with E-state index in [-0.39, 0.29) is 16.7 Å². The van der Waals surface area contributed by atoms with E-state index in [4.69, 9.17) is 0 Å². The Hall–Kier alpha value is -2.03. The van der Waals surface area contributed by atoms with Crippen LogP contribution in [0.2, 0.25) is 0 Å². The zero-order chi connectivity index (χ0) is 19.3. The number of phenols is 1. The van der Waals surface area contributed by atoms with Crippen molar-refractivity contribution in [1.29, 1.82) is 0 Å². The highest BCUT2D eigenvalue weighted by molar-refractivity contribution is 5.94. The van der Waals surface area contributed by atoms with Crippen LogP contribution in [0.1, 0.15) is 86.8 Å². The maximum atomic E-state index is 11.7. The molecule has 0 amide bonds. The van der Waals surface area contributed by atoms with Crippen molar-refractivity contribution in [2.45, 2.75) is 72.6 Å². The average molecular weight is 357 g/mol. The summed E-state index contributed by atoms with van der Waals surface area (Å²) in [6, 6.07) is 2.02. The lowest BCUT2D eigenvalue weighted by atomic mass is 9.73. The first-order chi connectivity index (χ1) is 12.3. The average Bonchev–Trinajstić information content (AvgIpc) is 2.54. The molecule has 3 nitrogen and oxygen atoms in total. The fraction of sp³-hybridized carbons (Fsp3) is 0.522. The molecule has 0 fully saturated rings. The fourth-order valence-electron chi connectivity index (χ4n) is 3.77. The summed E-state index contributed by atoms with van der Waals surface area (Å²) in [5, 5.41) is 20.2. The van der Waals surface area contributed by atoms with Crippen LogP contribution in [-0.4, -0.2) is 16.2 Å². The Morgan fingerprint density at radius 3 is 2.65 bits per heavy atom. The molecule has 142 valence electrons. The second kappa shape index (κ2) is 8.57. The van der Waals surface area contributed by atoms with Gasteiger partial charge in [0.05, 0.1) is 0 Å². The van der Waals surface area contributed by atoms with Gasteiger partial charge in [-0.25, -0.2) is 4.79 Å². The van der Waals surface area contributed by atoms with Crippen molar-refractivity contribution in [2.75, 3.05) is 0 Å². The number of carboxylic acid groups (broad SMARTS) is 1. The van der Waals surface area contributed by atoms with Crippen LogP contribution in [0.15, 0.2) is 23.8 Å². The van der Waals surface area contributed by atoms with E-state index in [0.29, 0.717) is 12.0 Å². The maximum Gasteiger partial charge on any atom is 0.339 e. The lowest BCUT2D eigenvalue weighted by molar-refractivity contribution is 0.0692. The molecule has 3 heteroatoms. The fourth-order valence-corrected chi connectivity index (χ4v) is 3.77. The Morgan fingerprint density at radius 1 is 1.31 bits per heavy atom. The zero-order valence-electron chi connectivity index (χ0n) is 16.6. The largest absolute Gasteiger partial charge is 0.506 e. The molecule has 0 heterocycles. The molecule has 1 atom stereocenters. The molecule has 1 aromatic rings. The van der Waals surface area contributed by atoms with Crippen LogP contribution in [-0.2, 0) is 12.8 Å². The maximum absolute atomic E-state index is 11.7. The third-order valence-electron chi connectivity index (χ3n) is 5.29. The highest BCUT2D eigenvalue weighted by Gasteiger charge is 2.29. The molecule has 0 aromatic heterocycles. The molecule has 0 saturated carbocycles. The lowest BCUT2D eigenvalue weighted by Gasteiger charge is -2.31. The number of benzene rings is 1. The predicted octanol–water partition coefficient (Wildman–Crippen LogP) is 6.15. The van der Waals surface area contributed by atoms with Crippen LogP contribution in [0.5, 0.6) is 5.75 Å². The van der Waals surface area contributed by atoms with E-state index in [9.17, 15) is 15.0 Å². The normalized spacial score (nSPS) is 18.5. The Morgan fingerprint density at radius 2 is 2.04 bits per heavy atom. The van der Waals surface area contributed by atoms with Gasteiger partial charge < -0.3 is 10.2 Å². The summed E-state index contributed by atoms with van der Waals surface area (Å²) in [5.74, 6) is -1.11. The van der Waals surface area contributed by atoms with Gasteiger partial charge in [0.1, 0.15) is 11.3 Å². The first-order valence-corrected chi connectivity index (χ1v) is 9.71. The van der Waals surface area contributed by atoms with Gasteiger partial charge in [0.25, 0.3) is 0 Å². The van der Waals surface area contributed by atoms with E-state index in [2.05, 4.69) is 39.8 Å². The number of fused-ring (bicyclic) bond motifs is 1. The van der Waals surface area contributed by atoms with Crippen LogP contribution >= 0.6 is 0 Å². The second-order valence-corrected chi connectivity index (χ2v) is 8.08. The quantitative estimate of drug-likeness (QED) is 0.434. The molecule has 0 bridgehead atoms. The van der Waals surface area contributed by atoms with Crippen molar-refractivity contribution in [3.8, 4) is 5.75 Å². The number of aryl methyl sites for hydroxylation is 1. The van der Waals surface area contributed by atoms with Gasteiger partial charge in [0.2, 0.25) is 0 Å². The first kappa shape index (κ1) is 20.3. The van der Waals surface area contributed by atoms with E-state index in [1.165, 1.54) is 5.57 Å². The van der Waals surface area contributed by atoms with Crippen molar-refractivity contribution < 1.29 is 15.0 Å². The molecule has 1 aliphatic rings. The molecule has 1 aliphatic carbocycles. The van der Waals surface area contributed by atoms with Crippen LogP contribution in [0.4, 0.5) is 0 Å². The van der Waals surface area contributed by atoms with Crippen LogP contribution < -0.4 is 0 Å². The molecule has 0 saturated heterocycles. The molecule has 2 N–H and O–H groups in total. The van der Waals surface area contributed by atoms with Crippen LogP contribution in [0.3, 0.4) is 0 Å². The summed E-state index contributed by atoms with van der Waals surface area (Å²) in [5.41, 5.74) is 3.97. The lowest BCUT2D eigenvalue weighted by Crippen LogP contribution is -2.21. The number of carbonyl (C=O) groups is 1. The van der Waals surface area contributed by atoms with Gasteiger partial charge in [-0.05, 0) is 62.5 Å². The Kier molecular flexibility index (Phi) is 6.69. The summed E-state index contributed by atoms with van der Waals surface area (Å²) < 4.78 is 0. The van der Waals surface area contributed by atoms with E-state index in [1.807, 2.05) is 12.1 Å². The highest BCUT2D eigenvalue weighted by atomic mass is 16.4. The topological polar surface area (TPSA) is 57.5 Å². The van der Waals surface area contributed by atoms with Crippen molar-refractivity contribution in [2.24, 2.45) is 5.41 Å². The van der Waals surface area contributed by atoms with E-state index < -0.39 is 5.97 Å². The molecule has 0 spiro atoms. The molecule has 1 aromatic carbocycles. The minimum Gasteiger partial charge on any atom is -0.506 e. The van der Waals surface area contributed by atoms with E-state index in [0.717, 1.165) is 49.7 Å². The summed E-state index contributed by atoms with van der Waals surface area (Å²) >= 11 is 0. The SMILES string of the molecule is CCCCCc1cc2c(c(O)c1C(=O)O)C=CC(C)(CCC=C(C)C)C2. The summed E-state index contributed by atoms with van der Waals surface area (Å²) in [6.45, 7) is 8.60. The molecule has 2 rings (SSSR count). The summed E-state index contributed by atoms with van der Waals surface area (Å²) in [4.78, 5) is 11.7. The minimum absolute atomic E-state index is 0.0385. The number of rotatable bonds is 8. The number of aromatic hydroxyl groups is 1. The standard InChI is InChI=1S/C23H32O3/c1-5-6-7-10-17-14-18-15-23(4,12-8-9-16(2)3)13-11-19(18)21(24)20(17)22(25)26/h9,11,13-14,24H,5-8,10,12,15H2,1-4H3,(H,25,26). The molecule has 0 radical (unpaired) electrons. The Bertz CT molecular complexity index is 723. The first-order valence-electron chi connectivity index (χ1n) is 9.71. The van der Waals surface area contributed by atoms with Crippen LogP contribution in [0.25, 0.3) is 6.08 Å². The van der Waals surface area contributed by atoms with Crippen molar-refractivity contribution >= 4 is 12.0 Å². The monoisotopic (exact) mass is 356 g/mol. The van der Waals surface area contributed by atoms with Crippen molar-refractivity contribution in [3.05, 3.63) is 46.0 Å². The number of hydrogen-bond donors (Lipinski definition) is 2. The molecule has 0 aliphatic heterocycles. The van der Waals surface area contributed by atoms with Gasteiger partial charge >= 0.3 is 5.97 Å². The number of aromatic carboxylic acids is 1. The van der Waals surface area contributed by atoms with Gasteiger partial charge in [-0.3, -0.25) is 0 Å². The third kappa shape index (κ3) is 4.78.